The summed E-state index contributed by atoms with van der Waals surface area (Å²) in [5.74, 6) is -1.72. The smallest absolute Gasteiger partial charge is 0.326 e. The number of rotatable bonds is 2. The van der Waals surface area contributed by atoms with Crippen molar-refractivity contribution < 1.29 is 19.8 Å². The first-order chi connectivity index (χ1) is 9.02. The molecule has 0 bridgehead atoms. The number of aliphatic hydroxyl groups excluding tert-OH is 1. The molecule has 98 valence electrons. The fourth-order valence-electron chi connectivity index (χ4n) is 2.01. The van der Waals surface area contributed by atoms with Crippen molar-refractivity contribution in [1.82, 2.24) is 9.88 Å². The van der Waals surface area contributed by atoms with E-state index in [4.69, 9.17) is 10.4 Å². The number of carbonyl (C=O) groups excluding carboxylic acids is 1. The number of nitriles is 1. The number of nitrogens with zero attached hydrogens (tertiary/aromatic N) is 3. The zero-order chi connectivity index (χ0) is 14.0. The van der Waals surface area contributed by atoms with Crippen molar-refractivity contribution in [2.24, 2.45) is 0 Å². The molecule has 1 fully saturated rings. The fraction of sp³-hybridized carbons (Fsp3) is 0.333. The molecule has 0 unspecified atom stereocenters. The predicted octanol–water partition coefficient (Wildman–Crippen LogP) is -0.387. The van der Waals surface area contributed by atoms with E-state index in [2.05, 4.69) is 4.98 Å². The van der Waals surface area contributed by atoms with Crippen LogP contribution in [-0.2, 0) is 4.79 Å². The molecule has 1 aromatic rings. The van der Waals surface area contributed by atoms with Gasteiger partial charge in [0, 0.05) is 19.2 Å². The van der Waals surface area contributed by atoms with Crippen LogP contribution in [0.25, 0.3) is 0 Å². The number of hydrogen-bond donors (Lipinski definition) is 2. The zero-order valence-electron chi connectivity index (χ0n) is 9.85. The summed E-state index contributed by atoms with van der Waals surface area (Å²) in [5, 5.41) is 27.1. The molecule has 1 aromatic heterocycles. The van der Waals surface area contributed by atoms with Gasteiger partial charge in [-0.25, -0.2) is 9.78 Å². The van der Waals surface area contributed by atoms with Crippen LogP contribution in [0.4, 0.5) is 0 Å². The van der Waals surface area contributed by atoms with E-state index in [1.54, 1.807) is 0 Å². The number of aliphatic hydroxyl groups is 1. The summed E-state index contributed by atoms with van der Waals surface area (Å²) >= 11 is 0. The number of aromatic nitrogens is 1. The summed E-state index contributed by atoms with van der Waals surface area (Å²) in [4.78, 5) is 28.0. The van der Waals surface area contributed by atoms with Crippen molar-refractivity contribution >= 4 is 11.9 Å². The molecule has 1 aliphatic rings. The van der Waals surface area contributed by atoms with Gasteiger partial charge in [0.25, 0.3) is 5.91 Å². The lowest BCUT2D eigenvalue weighted by molar-refractivity contribution is -0.141. The SMILES string of the molecule is N#Cc1ccc(C(=O)N2C[C@H](O)C[C@H]2C(=O)O)nc1. The normalized spacial score (nSPS) is 22.0. The lowest BCUT2D eigenvalue weighted by Gasteiger charge is -2.20. The van der Waals surface area contributed by atoms with Gasteiger partial charge in [-0.1, -0.05) is 0 Å². The Balaban J connectivity index is 2.22. The summed E-state index contributed by atoms with van der Waals surface area (Å²) in [7, 11) is 0. The molecule has 2 heterocycles. The number of pyridine rings is 1. The summed E-state index contributed by atoms with van der Waals surface area (Å²) in [6.07, 6.45) is 0.413. The van der Waals surface area contributed by atoms with E-state index in [1.165, 1.54) is 18.3 Å². The largest absolute Gasteiger partial charge is 0.480 e. The third-order valence-electron chi connectivity index (χ3n) is 2.94. The Kier molecular flexibility index (Phi) is 3.44. The van der Waals surface area contributed by atoms with Crippen LogP contribution in [0, 0.1) is 11.3 Å². The minimum Gasteiger partial charge on any atom is -0.480 e. The molecule has 2 rings (SSSR count). The van der Waals surface area contributed by atoms with E-state index >= 15 is 0 Å². The summed E-state index contributed by atoms with van der Waals surface area (Å²) < 4.78 is 0. The standard InChI is InChI=1S/C12H11N3O4/c13-4-7-1-2-9(14-5-7)11(17)15-6-8(16)3-10(15)12(18)19/h1-2,5,8,10,16H,3,6H2,(H,18,19)/t8-,10+/m1/s1. The Labute approximate surface area is 108 Å². The minimum atomic E-state index is -1.15. The Morgan fingerprint density at radius 3 is 2.74 bits per heavy atom. The van der Waals surface area contributed by atoms with Crippen LogP contribution in [0.3, 0.4) is 0 Å². The highest BCUT2D eigenvalue weighted by Gasteiger charge is 2.39. The first-order valence-electron chi connectivity index (χ1n) is 5.61. The second kappa shape index (κ2) is 5.04. The van der Waals surface area contributed by atoms with E-state index in [0.29, 0.717) is 5.56 Å². The lowest BCUT2D eigenvalue weighted by atomic mass is 10.2. The maximum absolute atomic E-state index is 12.1. The van der Waals surface area contributed by atoms with Gasteiger partial charge in [-0.05, 0) is 12.1 Å². The number of carboxylic acid groups (broad SMARTS) is 1. The minimum absolute atomic E-state index is 0.0113. The maximum Gasteiger partial charge on any atom is 0.326 e. The number of likely N-dealkylation sites (tertiary alicyclic amines) is 1. The van der Waals surface area contributed by atoms with Crippen LogP contribution in [0.15, 0.2) is 18.3 Å². The van der Waals surface area contributed by atoms with Gasteiger partial charge in [0.05, 0.1) is 11.7 Å². The number of carbonyl (C=O) groups is 2. The molecule has 1 amide bonds. The van der Waals surface area contributed by atoms with Crippen LogP contribution in [0.2, 0.25) is 0 Å². The Morgan fingerprint density at radius 2 is 2.21 bits per heavy atom. The van der Waals surface area contributed by atoms with Gasteiger partial charge in [0.15, 0.2) is 0 Å². The van der Waals surface area contributed by atoms with Gasteiger partial charge < -0.3 is 15.1 Å². The molecule has 7 nitrogen and oxygen atoms in total. The average Bonchev–Trinajstić information content (AvgIpc) is 2.80. The van der Waals surface area contributed by atoms with E-state index in [9.17, 15) is 14.7 Å². The van der Waals surface area contributed by atoms with Gasteiger partial charge in [-0.2, -0.15) is 5.26 Å². The maximum atomic E-state index is 12.1. The molecule has 0 spiro atoms. The summed E-state index contributed by atoms with van der Waals surface area (Å²) in [5.41, 5.74) is 0.368. The van der Waals surface area contributed by atoms with Crippen LogP contribution in [0.5, 0.6) is 0 Å². The molecule has 0 radical (unpaired) electrons. The molecule has 1 saturated heterocycles. The van der Waals surface area contributed by atoms with Crippen molar-refractivity contribution in [3.05, 3.63) is 29.6 Å². The molecular weight excluding hydrogens is 250 g/mol. The summed E-state index contributed by atoms with van der Waals surface area (Å²) in [6, 6.07) is 3.63. The van der Waals surface area contributed by atoms with E-state index in [-0.39, 0.29) is 18.7 Å². The van der Waals surface area contributed by atoms with Crippen LogP contribution >= 0.6 is 0 Å². The second-order valence-corrected chi connectivity index (χ2v) is 4.24. The molecule has 0 saturated carbocycles. The van der Waals surface area contributed by atoms with E-state index in [0.717, 1.165) is 4.90 Å². The third-order valence-corrected chi connectivity index (χ3v) is 2.94. The number of hydrogen-bond acceptors (Lipinski definition) is 5. The number of amides is 1. The molecular formula is C12H11N3O4. The van der Waals surface area contributed by atoms with E-state index < -0.39 is 24.0 Å². The van der Waals surface area contributed by atoms with Gasteiger partial charge in [0.1, 0.15) is 17.8 Å². The van der Waals surface area contributed by atoms with Crippen molar-refractivity contribution in [3.8, 4) is 6.07 Å². The molecule has 7 heteroatoms. The fourth-order valence-corrected chi connectivity index (χ4v) is 2.01. The zero-order valence-corrected chi connectivity index (χ0v) is 9.85. The first kappa shape index (κ1) is 13.0. The van der Waals surface area contributed by atoms with Crippen molar-refractivity contribution in [1.29, 1.82) is 5.26 Å². The second-order valence-electron chi connectivity index (χ2n) is 4.24. The van der Waals surface area contributed by atoms with E-state index in [1.807, 2.05) is 6.07 Å². The predicted molar refractivity (Wildman–Crippen MR) is 62.0 cm³/mol. The Hall–Kier alpha value is -2.46. The molecule has 2 N–H and O–H groups in total. The molecule has 0 aromatic carbocycles. The van der Waals surface area contributed by atoms with Crippen molar-refractivity contribution in [2.75, 3.05) is 6.54 Å². The number of aliphatic carboxylic acids is 1. The van der Waals surface area contributed by atoms with Gasteiger partial charge in [0.2, 0.25) is 0 Å². The van der Waals surface area contributed by atoms with Gasteiger partial charge in [-0.15, -0.1) is 0 Å². The highest BCUT2D eigenvalue weighted by molar-refractivity contribution is 5.95. The van der Waals surface area contributed by atoms with Gasteiger partial charge >= 0.3 is 5.97 Å². The average molecular weight is 261 g/mol. The highest BCUT2D eigenvalue weighted by atomic mass is 16.4. The van der Waals surface area contributed by atoms with Crippen molar-refractivity contribution in [3.63, 3.8) is 0 Å². The highest BCUT2D eigenvalue weighted by Crippen LogP contribution is 2.20. The quantitative estimate of drug-likeness (QED) is 0.749. The van der Waals surface area contributed by atoms with Gasteiger partial charge in [-0.3, -0.25) is 4.79 Å². The lowest BCUT2D eigenvalue weighted by Crippen LogP contribution is -2.40. The van der Waals surface area contributed by atoms with Crippen LogP contribution in [0.1, 0.15) is 22.5 Å². The van der Waals surface area contributed by atoms with Crippen molar-refractivity contribution in [2.45, 2.75) is 18.6 Å². The Bertz CT molecular complexity index is 549. The third kappa shape index (κ3) is 2.53. The monoisotopic (exact) mass is 261 g/mol. The van der Waals surface area contributed by atoms with Crippen LogP contribution in [-0.4, -0.2) is 50.7 Å². The number of β-amino-alcohol motifs (C(OH)–C–C–N with tert-alkyl or cyclic N) is 1. The topological polar surface area (TPSA) is 115 Å². The number of carboxylic acids is 1. The Morgan fingerprint density at radius 1 is 1.47 bits per heavy atom. The first-order valence-corrected chi connectivity index (χ1v) is 5.61. The summed E-state index contributed by atoms with van der Waals surface area (Å²) in [6.45, 7) is -0.0303. The molecule has 2 atom stereocenters. The molecule has 1 aliphatic heterocycles. The molecule has 0 aliphatic carbocycles. The van der Waals surface area contributed by atoms with Crippen LogP contribution < -0.4 is 0 Å². The molecule has 19 heavy (non-hydrogen) atoms.